The summed E-state index contributed by atoms with van der Waals surface area (Å²) in [6.45, 7) is 3.52. The highest BCUT2D eigenvalue weighted by Crippen LogP contribution is 2.55. The minimum atomic E-state index is -3.59. The average molecular weight is 331 g/mol. The molecule has 23 heavy (non-hydrogen) atoms. The lowest BCUT2D eigenvalue weighted by Crippen LogP contribution is -2.35. The highest BCUT2D eigenvalue weighted by Gasteiger charge is 2.69. The van der Waals surface area contributed by atoms with Crippen LogP contribution in [0.25, 0.3) is 0 Å². The van der Waals surface area contributed by atoms with Gasteiger partial charge in [0.25, 0.3) is 0 Å². The van der Waals surface area contributed by atoms with E-state index in [2.05, 4.69) is 0 Å². The zero-order chi connectivity index (χ0) is 16.8. The third-order valence-corrected chi connectivity index (χ3v) is 7.01. The smallest absolute Gasteiger partial charge is 0.183 e. The van der Waals surface area contributed by atoms with Crippen LogP contribution in [-0.2, 0) is 9.84 Å². The second-order valence-corrected chi connectivity index (χ2v) is 8.51. The van der Waals surface area contributed by atoms with Crippen molar-refractivity contribution in [2.45, 2.75) is 35.4 Å². The first-order chi connectivity index (χ1) is 10.8. The molecule has 3 atom stereocenters. The minimum absolute atomic E-state index is 0.256. The van der Waals surface area contributed by atoms with E-state index < -0.39 is 20.6 Å². The molecule has 1 fully saturated rings. The molecule has 3 N–H and O–H groups in total. The lowest BCUT2D eigenvalue weighted by molar-refractivity contribution is 0.253. The van der Waals surface area contributed by atoms with Gasteiger partial charge in [0.2, 0.25) is 0 Å². The number of nitrogens with two attached hydrogens (primary N) is 1. The Morgan fingerprint density at radius 2 is 1.48 bits per heavy atom. The van der Waals surface area contributed by atoms with Gasteiger partial charge in [0.15, 0.2) is 9.84 Å². The summed E-state index contributed by atoms with van der Waals surface area (Å²) in [7, 11) is -3.59. The van der Waals surface area contributed by atoms with E-state index in [-0.39, 0.29) is 17.4 Å². The molecule has 0 spiro atoms. The van der Waals surface area contributed by atoms with Crippen molar-refractivity contribution in [1.29, 1.82) is 0 Å². The van der Waals surface area contributed by atoms with E-state index in [0.29, 0.717) is 0 Å². The largest absolute Gasteiger partial charge is 0.394 e. The lowest BCUT2D eigenvalue weighted by Gasteiger charge is -2.08. The number of hydrogen-bond donors (Lipinski definition) is 2. The van der Waals surface area contributed by atoms with Gasteiger partial charge in [0.1, 0.15) is 0 Å². The molecule has 0 radical (unpaired) electrons. The van der Waals surface area contributed by atoms with Crippen molar-refractivity contribution < 1.29 is 13.5 Å². The Balaban J connectivity index is 2.01. The first kappa shape index (κ1) is 16.2. The van der Waals surface area contributed by atoms with E-state index in [1.807, 2.05) is 38.1 Å². The van der Waals surface area contributed by atoms with Crippen LogP contribution in [-0.4, -0.2) is 30.9 Å². The normalized spacial score (nSPS) is 27.0. The molecule has 1 saturated carbocycles. The Kier molecular flexibility index (Phi) is 3.83. The predicted octanol–water partition coefficient (Wildman–Crippen LogP) is 1.93. The topological polar surface area (TPSA) is 80.4 Å². The van der Waals surface area contributed by atoms with E-state index in [9.17, 15) is 13.5 Å². The van der Waals surface area contributed by atoms with Crippen molar-refractivity contribution in [3.8, 4) is 0 Å². The third-order valence-electron chi connectivity index (χ3n) is 4.70. The fraction of sp³-hybridized carbons (Fsp3) is 0.333. The second kappa shape index (κ2) is 5.44. The fourth-order valence-electron chi connectivity index (χ4n) is 3.21. The van der Waals surface area contributed by atoms with Crippen LogP contribution >= 0.6 is 0 Å². The molecule has 0 aliphatic heterocycles. The molecule has 0 heterocycles. The van der Waals surface area contributed by atoms with Gasteiger partial charge in [-0.3, -0.25) is 0 Å². The predicted molar refractivity (Wildman–Crippen MR) is 90.1 cm³/mol. The molecule has 1 aliphatic carbocycles. The van der Waals surface area contributed by atoms with E-state index in [1.54, 1.807) is 24.3 Å². The van der Waals surface area contributed by atoms with E-state index in [0.717, 1.165) is 16.7 Å². The van der Waals surface area contributed by atoms with E-state index in [4.69, 9.17) is 5.73 Å². The molecule has 2 aromatic rings. The number of rotatable bonds is 4. The highest BCUT2D eigenvalue weighted by molar-refractivity contribution is 7.92. The van der Waals surface area contributed by atoms with Crippen LogP contribution in [0.3, 0.4) is 0 Å². The van der Waals surface area contributed by atoms with Gasteiger partial charge in [-0.2, -0.15) is 0 Å². The Morgan fingerprint density at radius 3 is 1.96 bits per heavy atom. The molecule has 0 unspecified atom stereocenters. The van der Waals surface area contributed by atoms with Gasteiger partial charge in [-0.15, -0.1) is 0 Å². The monoisotopic (exact) mass is 331 g/mol. The maximum Gasteiger partial charge on any atom is 0.183 e. The van der Waals surface area contributed by atoms with Crippen molar-refractivity contribution in [1.82, 2.24) is 0 Å². The summed E-state index contributed by atoms with van der Waals surface area (Å²) in [4.78, 5) is 0.256. The third kappa shape index (κ3) is 2.59. The summed E-state index contributed by atoms with van der Waals surface area (Å²) in [5.41, 5.74) is 8.05. The molecule has 122 valence electrons. The molecular formula is C18H21NO3S. The Labute approximate surface area is 136 Å². The maximum absolute atomic E-state index is 12.9. The SMILES string of the molecule is Cc1ccc([C@@H]2[C@@H](S(=O)(=O)c3ccc(C)cc3)[C@@]2(N)CO)cc1. The first-order valence-electron chi connectivity index (χ1n) is 7.57. The second-order valence-electron chi connectivity index (χ2n) is 6.44. The summed E-state index contributed by atoms with van der Waals surface area (Å²) < 4.78 is 25.9. The maximum atomic E-state index is 12.9. The number of sulfone groups is 1. The lowest BCUT2D eigenvalue weighted by atomic mass is 10.1. The summed E-state index contributed by atoms with van der Waals surface area (Å²) in [5.74, 6) is -0.389. The highest BCUT2D eigenvalue weighted by atomic mass is 32.2. The zero-order valence-electron chi connectivity index (χ0n) is 13.2. The van der Waals surface area contributed by atoms with Crippen molar-refractivity contribution in [2.24, 2.45) is 5.73 Å². The Bertz CT molecular complexity index is 812. The van der Waals surface area contributed by atoms with Crippen molar-refractivity contribution in [3.05, 3.63) is 65.2 Å². The quantitative estimate of drug-likeness (QED) is 0.897. The molecule has 4 nitrogen and oxygen atoms in total. The standard InChI is InChI=1S/C18H21NO3S/c1-12-3-7-14(8-4-12)16-17(18(16,19)11-20)23(21,22)15-9-5-13(2)6-10-15/h3-10,16-17,20H,11,19H2,1-2H3/t16-,17-,18-/m1/s1. The first-order valence-corrected chi connectivity index (χ1v) is 9.12. The van der Waals surface area contributed by atoms with Crippen LogP contribution in [0.1, 0.15) is 22.6 Å². The molecule has 0 bridgehead atoms. The summed E-state index contributed by atoms with van der Waals surface area (Å²) in [5, 5.41) is 8.89. The van der Waals surface area contributed by atoms with Crippen molar-refractivity contribution >= 4 is 9.84 Å². The average Bonchev–Trinajstić information content (AvgIpc) is 3.16. The summed E-state index contributed by atoms with van der Waals surface area (Å²) in [6.07, 6.45) is 0. The van der Waals surface area contributed by atoms with Gasteiger partial charge >= 0.3 is 0 Å². The Hall–Kier alpha value is -1.69. The molecule has 5 heteroatoms. The molecule has 0 saturated heterocycles. The van der Waals surface area contributed by atoms with Gasteiger partial charge < -0.3 is 10.8 Å². The molecule has 0 aromatic heterocycles. The summed E-state index contributed by atoms with van der Waals surface area (Å²) >= 11 is 0. The van der Waals surface area contributed by atoms with E-state index >= 15 is 0 Å². The summed E-state index contributed by atoms with van der Waals surface area (Å²) in [6, 6.07) is 14.4. The number of hydrogen-bond acceptors (Lipinski definition) is 4. The Morgan fingerprint density at radius 1 is 1.00 bits per heavy atom. The molecule has 0 amide bonds. The zero-order valence-corrected chi connectivity index (χ0v) is 14.0. The molecule has 1 aliphatic rings. The van der Waals surface area contributed by atoms with Gasteiger partial charge in [-0.25, -0.2) is 8.42 Å². The van der Waals surface area contributed by atoms with Crippen LogP contribution in [0.15, 0.2) is 53.4 Å². The van der Waals surface area contributed by atoms with Crippen molar-refractivity contribution in [2.75, 3.05) is 6.61 Å². The minimum Gasteiger partial charge on any atom is -0.394 e. The molecule has 2 aromatic carbocycles. The number of benzene rings is 2. The number of aryl methyl sites for hydroxylation is 2. The van der Waals surface area contributed by atoms with Crippen LogP contribution in [0.5, 0.6) is 0 Å². The van der Waals surface area contributed by atoms with Crippen LogP contribution in [0, 0.1) is 13.8 Å². The van der Waals surface area contributed by atoms with Crippen molar-refractivity contribution in [3.63, 3.8) is 0 Å². The number of aliphatic hydroxyl groups is 1. The fourth-order valence-corrected chi connectivity index (χ4v) is 5.51. The van der Waals surface area contributed by atoms with Gasteiger partial charge in [-0.05, 0) is 31.5 Å². The molecule has 3 rings (SSSR count). The molecular weight excluding hydrogens is 310 g/mol. The van der Waals surface area contributed by atoms with Gasteiger partial charge in [0.05, 0.1) is 22.3 Å². The van der Waals surface area contributed by atoms with Gasteiger partial charge in [0, 0.05) is 5.92 Å². The van der Waals surface area contributed by atoms with Crippen LogP contribution in [0.2, 0.25) is 0 Å². The van der Waals surface area contributed by atoms with Crippen LogP contribution in [0.4, 0.5) is 0 Å². The van der Waals surface area contributed by atoms with E-state index in [1.165, 1.54) is 0 Å². The van der Waals surface area contributed by atoms with Gasteiger partial charge in [-0.1, -0.05) is 47.5 Å². The number of aliphatic hydroxyl groups excluding tert-OH is 1. The van der Waals surface area contributed by atoms with Crippen LogP contribution < -0.4 is 5.73 Å².